The Morgan fingerprint density at radius 2 is 1.56 bits per heavy atom. The lowest BCUT2D eigenvalue weighted by Crippen LogP contribution is -2.05. The molecule has 1 unspecified atom stereocenters. The fourth-order valence-electron chi connectivity index (χ4n) is 4.05. The highest BCUT2D eigenvalue weighted by Gasteiger charge is 2.22. The zero-order chi connectivity index (χ0) is 19.5. The van der Waals surface area contributed by atoms with Crippen LogP contribution in [0, 0.1) is 5.92 Å². The van der Waals surface area contributed by atoms with E-state index in [1.807, 2.05) is 0 Å². The number of rotatable bonds is 12. The molecule has 0 radical (unpaired) electrons. The first kappa shape index (κ1) is 22.0. The molecule has 0 aliphatic heterocycles. The van der Waals surface area contributed by atoms with Gasteiger partial charge in [-0.15, -0.1) is 0 Å². The zero-order valence-electron chi connectivity index (χ0n) is 16.9. The molecule has 0 heterocycles. The van der Waals surface area contributed by atoms with Crippen molar-refractivity contribution in [3.05, 3.63) is 23.8 Å². The van der Waals surface area contributed by atoms with Crippen molar-refractivity contribution in [3.63, 3.8) is 0 Å². The summed E-state index contributed by atoms with van der Waals surface area (Å²) in [6, 6.07) is 5.17. The standard InChI is InChI=1S/C22H35O4P/c1-25-19-15-11-16-20(26-2)21(19)22(23)27(24)17-10-5-3-4-7-12-18-13-8-6-9-14-18/h11,15-16,18,27H,3-10,12-14,17H2,1-2H3. The molecule has 1 atom stereocenters. The molecule has 1 aliphatic carbocycles. The first-order chi connectivity index (χ1) is 13.2. The van der Waals surface area contributed by atoms with E-state index in [0.717, 1.165) is 18.8 Å². The van der Waals surface area contributed by atoms with Gasteiger partial charge in [-0.2, -0.15) is 0 Å². The van der Waals surface area contributed by atoms with Crippen LogP contribution in [0.5, 0.6) is 11.5 Å². The van der Waals surface area contributed by atoms with Crippen LogP contribution in [0.4, 0.5) is 0 Å². The van der Waals surface area contributed by atoms with Gasteiger partial charge in [0.05, 0.1) is 14.2 Å². The first-order valence-corrected chi connectivity index (χ1v) is 12.1. The Kier molecular flexibility index (Phi) is 9.97. The summed E-state index contributed by atoms with van der Waals surface area (Å²) in [5.74, 6) is 1.82. The van der Waals surface area contributed by atoms with Gasteiger partial charge in [0.15, 0.2) is 0 Å². The maximum Gasteiger partial charge on any atom is 0.225 e. The van der Waals surface area contributed by atoms with Gasteiger partial charge < -0.3 is 14.0 Å². The molecular formula is C22H35O4P. The third kappa shape index (κ3) is 6.99. The van der Waals surface area contributed by atoms with Crippen molar-refractivity contribution >= 4 is 13.3 Å². The molecule has 1 aromatic rings. The second-order valence-electron chi connectivity index (χ2n) is 7.60. The van der Waals surface area contributed by atoms with Crippen molar-refractivity contribution < 1.29 is 18.8 Å². The van der Waals surface area contributed by atoms with E-state index < -0.39 is 7.80 Å². The number of carbonyl (C=O) groups excluding carboxylic acids is 1. The van der Waals surface area contributed by atoms with Gasteiger partial charge in [-0.25, -0.2) is 0 Å². The van der Waals surface area contributed by atoms with Crippen LogP contribution in [0.25, 0.3) is 0 Å². The average molecular weight is 394 g/mol. The van der Waals surface area contributed by atoms with E-state index in [-0.39, 0.29) is 5.52 Å². The second-order valence-corrected chi connectivity index (χ2v) is 9.40. The minimum absolute atomic E-state index is 0.318. The summed E-state index contributed by atoms with van der Waals surface area (Å²) >= 11 is 0. The lowest BCUT2D eigenvalue weighted by molar-refractivity contribution is 0.107. The molecule has 1 aromatic carbocycles. The normalized spacial score (nSPS) is 16.1. The van der Waals surface area contributed by atoms with E-state index >= 15 is 0 Å². The maximum atomic E-state index is 12.6. The highest BCUT2D eigenvalue weighted by atomic mass is 31.1. The number of methoxy groups -OCH3 is 2. The highest BCUT2D eigenvalue weighted by Crippen LogP contribution is 2.38. The van der Waals surface area contributed by atoms with E-state index in [1.165, 1.54) is 72.0 Å². The van der Waals surface area contributed by atoms with Crippen molar-refractivity contribution in [3.8, 4) is 11.5 Å². The molecule has 4 nitrogen and oxygen atoms in total. The quantitative estimate of drug-likeness (QED) is 0.307. The van der Waals surface area contributed by atoms with E-state index in [1.54, 1.807) is 18.2 Å². The van der Waals surface area contributed by atoms with Crippen molar-refractivity contribution in [2.24, 2.45) is 5.92 Å². The Labute approximate surface area is 164 Å². The fourth-order valence-corrected chi connectivity index (χ4v) is 5.38. The molecule has 0 amide bonds. The largest absolute Gasteiger partial charge is 0.496 e. The molecule has 0 aromatic heterocycles. The molecule has 152 valence electrons. The van der Waals surface area contributed by atoms with Gasteiger partial charge in [0, 0.05) is 6.16 Å². The van der Waals surface area contributed by atoms with Crippen molar-refractivity contribution in [2.45, 2.75) is 70.6 Å². The van der Waals surface area contributed by atoms with Crippen LogP contribution in [0.15, 0.2) is 18.2 Å². The zero-order valence-corrected chi connectivity index (χ0v) is 17.9. The van der Waals surface area contributed by atoms with Gasteiger partial charge in [0.1, 0.15) is 24.9 Å². The molecular weight excluding hydrogens is 359 g/mol. The summed E-state index contributed by atoms with van der Waals surface area (Å²) in [6.45, 7) is 0. The monoisotopic (exact) mass is 394 g/mol. The predicted molar refractivity (Wildman–Crippen MR) is 112 cm³/mol. The molecule has 1 fully saturated rings. The molecule has 0 saturated heterocycles. The summed E-state index contributed by atoms with van der Waals surface area (Å²) in [5, 5.41) is 0. The van der Waals surface area contributed by atoms with Gasteiger partial charge >= 0.3 is 0 Å². The van der Waals surface area contributed by atoms with E-state index in [4.69, 9.17) is 9.47 Å². The average Bonchev–Trinajstić information content (AvgIpc) is 2.72. The van der Waals surface area contributed by atoms with E-state index in [0.29, 0.717) is 23.2 Å². The van der Waals surface area contributed by atoms with E-state index in [2.05, 4.69) is 0 Å². The number of hydrogen-bond acceptors (Lipinski definition) is 4. The number of hydrogen-bond donors (Lipinski definition) is 0. The minimum atomic E-state index is -2.34. The number of ether oxygens (including phenoxy) is 2. The number of benzene rings is 1. The summed E-state index contributed by atoms with van der Waals surface area (Å²) in [4.78, 5) is 12.6. The summed E-state index contributed by atoms with van der Waals surface area (Å²) < 4.78 is 23.0. The summed E-state index contributed by atoms with van der Waals surface area (Å²) in [5.41, 5.74) is -0.00882. The number of unbranched alkanes of at least 4 members (excludes halogenated alkanes) is 4. The van der Waals surface area contributed by atoms with Gasteiger partial charge in [-0.05, 0) is 24.5 Å². The molecule has 0 bridgehead atoms. The molecule has 1 saturated carbocycles. The van der Waals surface area contributed by atoms with Crippen LogP contribution in [0.3, 0.4) is 0 Å². The fraction of sp³-hybridized carbons (Fsp3) is 0.682. The van der Waals surface area contributed by atoms with Gasteiger partial charge in [-0.1, -0.05) is 70.3 Å². The van der Waals surface area contributed by atoms with Crippen LogP contribution < -0.4 is 9.47 Å². The molecule has 1 aliphatic rings. The Morgan fingerprint density at radius 1 is 0.963 bits per heavy atom. The van der Waals surface area contributed by atoms with Gasteiger partial charge in [0.2, 0.25) is 5.52 Å². The SMILES string of the molecule is COc1cccc(OC)c1C(=O)[PH](=O)CCCCCCCC1CCCCC1. The Morgan fingerprint density at radius 3 is 2.19 bits per heavy atom. The molecule has 5 heteroatoms. The lowest BCUT2D eigenvalue weighted by atomic mass is 9.85. The highest BCUT2D eigenvalue weighted by molar-refractivity contribution is 7.64. The van der Waals surface area contributed by atoms with Gasteiger partial charge in [-0.3, -0.25) is 4.79 Å². The minimum Gasteiger partial charge on any atom is -0.496 e. The Bertz CT molecular complexity index is 586. The summed E-state index contributed by atoms with van der Waals surface area (Å²) in [7, 11) is 0.678. The third-order valence-corrected chi connectivity index (χ3v) is 7.21. The molecule has 2 rings (SSSR count). The van der Waals surface area contributed by atoms with Crippen LogP contribution in [0.1, 0.15) is 81.0 Å². The van der Waals surface area contributed by atoms with Crippen molar-refractivity contribution in [2.75, 3.05) is 20.4 Å². The topological polar surface area (TPSA) is 52.6 Å². The van der Waals surface area contributed by atoms with Crippen molar-refractivity contribution in [1.29, 1.82) is 0 Å². The van der Waals surface area contributed by atoms with Gasteiger partial charge in [0.25, 0.3) is 0 Å². The van der Waals surface area contributed by atoms with Crippen LogP contribution in [-0.4, -0.2) is 25.9 Å². The Hall–Kier alpha value is -1.28. The van der Waals surface area contributed by atoms with Crippen molar-refractivity contribution in [1.82, 2.24) is 0 Å². The third-order valence-electron chi connectivity index (χ3n) is 5.65. The van der Waals surface area contributed by atoms with Crippen LogP contribution >= 0.6 is 7.80 Å². The van der Waals surface area contributed by atoms with Crippen LogP contribution in [0.2, 0.25) is 0 Å². The van der Waals surface area contributed by atoms with E-state index in [9.17, 15) is 9.36 Å². The maximum absolute atomic E-state index is 12.6. The number of carbonyl (C=O) groups is 1. The summed E-state index contributed by atoms with van der Waals surface area (Å²) in [6.07, 6.45) is 14.6. The molecule has 27 heavy (non-hydrogen) atoms. The predicted octanol–water partition coefficient (Wildman–Crippen LogP) is 6.32. The second kappa shape index (κ2) is 12.2. The molecule has 0 spiro atoms. The van der Waals surface area contributed by atoms with Crippen LogP contribution in [-0.2, 0) is 4.57 Å². The first-order valence-electron chi connectivity index (χ1n) is 10.5. The molecule has 0 N–H and O–H groups in total. The lowest BCUT2D eigenvalue weighted by Gasteiger charge is -2.21. The smallest absolute Gasteiger partial charge is 0.225 e. The Balaban J connectivity index is 1.67.